The Morgan fingerprint density at radius 3 is 1.35 bits per heavy atom. The van der Waals surface area contributed by atoms with Crippen LogP contribution in [0.2, 0.25) is 0 Å². The number of benzene rings is 8. The first-order chi connectivity index (χ1) is 29.7. The summed E-state index contributed by atoms with van der Waals surface area (Å²) in [6, 6.07) is 72.7. The maximum absolute atomic E-state index is 5.64. The van der Waals surface area contributed by atoms with Crippen LogP contribution >= 0.6 is 0 Å². The number of para-hydroxylation sites is 2. The first kappa shape index (κ1) is 34.0. The number of hydrogen-bond donors (Lipinski definition) is 0. The average Bonchev–Trinajstić information content (AvgIpc) is 3.33. The molecule has 0 N–H and O–H groups in total. The van der Waals surface area contributed by atoms with Crippen LogP contribution < -0.4 is 0 Å². The largest absolute Gasteiger partial charge is 0.248 e. The summed E-state index contributed by atoms with van der Waals surface area (Å²) in [6.07, 6.45) is 0. The molecule has 0 saturated carbocycles. The monoisotopic (exact) mass is 762 g/mol. The van der Waals surface area contributed by atoms with Crippen LogP contribution in [0.25, 0.3) is 121 Å². The zero-order chi connectivity index (χ0) is 39.6. The van der Waals surface area contributed by atoms with Crippen molar-refractivity contribution in [3.05, 3.63) is 206 Å². The average molecular weight is 763 g/mol. The third-order valence-electron chi connectivity index (χ3n) is 11.8. The maximum Gasteiger partial charge on any atom is 0.0979 e. The molecule has 8 aromatic carbocycles. The van der Waals surface area contributed by atoms with E-state index in [9.17, 15) is 0 Å². The SMILES string of the molecule is c1ccc(-c2ccc(-c3cc(-c4ccc5ccccc5n4)c4ccc5c(-c6ccc7ccccc7n6)cc(-c6cc7ccccc7c7ccccc67)nc5c4n3)cc2)cc1. The molecule has 4 heteroatoms. The third kappa shape index (κ3) is 5.69. The van der Waals surface area contributed by atoms with Crippen molar-refractivity contribution in [1.29, 1.82) is 0 Å². The number of nitrogens with zero attached hydrogens (tertiary/aromatic N) is 4. The zero-order valence-electron chi connectivity index (χ0n) is 32.4. The van der Waals surface area contributed by atoms with Crippen molar-refractivity contribution in [1.82, 2.24) is 19.9 Å². The third-order valence-corrected chi connectivity index (χ3v) is 11.8. The topological polar surface area (TPSA) is 51.6 Å². The molecule has 60 heavy (non-hydrogen) atoms. The van der Waals surface area contributed by atoms with Crippen LogP contribution in [0.1, 0.15) is 0 Å². The minimum Gasteiger partial charge on any atom is -0.248 e. The van der Waals surface area contributed by atoms with E-state index < -0.39 is 0 Å². The summed E-state index contributed by atoms with van der Waals surface area (Å²) in [4.78, 5) is 21.7. The highest BCUT2D eigenvalue weighted by Crippen LogP contribution is 2.42. The highest BCUT2D eigenvalue weighted by atomic mass is 14.8. The molecular formula is C56H34N4. The van der Waals surface area contributed by atoms with Crippen molar-refractivity contribution in [3.8, 4) is 56.2 Å². The predicted molar refractivity (Wildman–Crippen MR) is 250 cm³/mol. The van der Waals surface area contributed by atoms with Crippen LogP contribution in [0.4, 0.5) is 0 Å². The Morgan fingerprint density at radius 2 is 0.700 bits per heavy atom. The summed E-state index contributed by atoms with van der Waals surface area (Å²) >= 11 is 0. The lowest BCUT2D eigenvalue weighted by molar-refractivity contribution is 1.34. The fourth-order valence-electron chi connectivity index (χ4n) is 8.85. The van der Waals surface area contributed by atoms with Gasteiger partial charge in [0.1, 0.15) is 0 Å². The van der Waals surface area contributed by atoms with E-state index in [-0.39, 0.29) is 0 Å². The van der Waals surface area contributed by atoms with Gasteiger partial charge in [-0.1, -0.05) is 164 Å². The fraction of sp³-hybridized carbons (Fsp3) is 0. The lowest BCUT2D eigenvalue weighted by Crippen LogP contribution is -1.97. The van der Waals surface area contributed by atoms with Gasteiger partial charge in [-0.25, -0.2) is 19.9 Å². The van der Waals surface area contributed by atoms with Crippen LogP contribution in [0, 0.1) is 0 Å². The minimum absolute atomic E-state index is 0.816. The summed E-state index contributed by atoms with van der Waals surface area (Å²) in [5.41, 5.74) is 13.4. The Balaban J connectivity index is 1.18. The molecule has 4 heterocycles. The quantitative estimate of drug-likeness (QED) is 0.164. The summed E-state index contributed by atoms with van der Waals surface area (Å²) in [6.45, 7) is 0. The van der Waals surface area contributed by atoms with E-state index in [0.29, 0.717) is 0 Å². The van der Waals surface area contributed by atoms with Gasteiger partial charge in [-0.2, -0.15) is 0 Å². The molecule has 0 fully saturated rings. The highest BCUT2D eigenvalue weighted by Gasteiger charge is 2.20. The van der Waals surface area contributed by atoms with Gasteiger partial charge in [0, 0.05) is 43.8 Å². The number of hydrogen-bond acceptors (Lipinski definition) is 4. The number of pyridine rings is 4. The molecule has 12 rings (SSSR count). The zero-order valence-corrected chi connectivity index (χ0v) is 32.4. The highest BCUT2D eigenvalue weighted by molar-refractivity contribution is 6.16. The van der Waals surface area contributed by atoms with E-state index in [1.54, 1.807) is 0 Å². The number of rotatable bonds is 5. The van der Waals surface area contributed by atoms with Crippen molar-refractivity contribution in [2.75, 3.05) is 0 Å². The molecule has 12 aromatic rings. The standard InChI is InChI=1S/C56H34N4/c1-2-12-35(13-3-1)36-22-24-39(25-23-36)53-33-47(51-30-26-37-14-5-10-20-49(37)57-51)44-28-29-45-48(52-31-27-38-15-6-11-21-50(38)58-52)34-54(60-56(45)55(44)59-53)46-32-40-16-4-7-17-41(40)42-18-8-9-19-43(42)46/h1-34H. The van der Waals surface area contributed by atoms with Gasteiger partial charge in [0.05, 0.1) is 44.8 Å². The molecule has 0 amide bonds. The molecule has 0 atom stereocenters. The molecule has 278 valence electrons. The van der Waals surface area contributed by atoms with Gasteiger partial charge in [-0.05, 0) is 75.1 Å². The minimum atomic E-state index is 0.816. The summed E-state index contributed by atoms with van der Waals surface area (Å²) in [5.74, 6) is 0. The van der Waals surface area contributed by atoms with E-state index in [1.165, 1.54) is 21.7 Å². The van der Waals surface area contributed by atoms with Crippen molar-refractivity contribution in [3.63, 3.8) is 0 Å². The summed E-state index contributed by atoms with van der Waals surface area (Å²) < 4.78 is 0. The van der Waals surface area contributed by atoms with E-state index in [4.69, 9.17) is 19.9 Å². The Kier molecular flexibility index (Phi) is 7.82. The van der Waals surface area contributed by atoms with Crippen LogP contribution in [0.15, 0.2) is 206 Å². The molecule has 0 aliphatic heterocycles. The lowest BCUT2D eigenvalue weighted by atomic mass is 9.93. The Labute approximate surface area is 346 Å². The van der Waals surface area contributed by atoms with Crippen molar-refractivity contribution < 1.29 is 0 Å². The molecule has 0 aliphatic rings. The van der Waals surface area contributed by atoms with Gasteiger partial charge in [0.25, 0.3) is 0 Å². The number of fused-ring (bicyclic) bond motifs is 8. The van der Waals surface area contributed by atoms with Crippen molar-refractivity contribution >= 4 is 65.2 Å². The maximum atomic E-state index is 5.64. The molecule has 0 bridgehead atoms. The second-order valence-electron chi connectivity index (χ2n) is 15.4. The normalized spacial score (nSPS) is 11.7. The first-order valence-corrected chi connectivity index (χ1v) is 20.3. The van der Waals surface area contributed by atoms with Crippen molar-refractivity contribution in [2.45, 2.75) is 0 Å². The van der Waals surface area contributed by atoms with Crippen LogP contribution in [-0.2, 0) is 0 Å². The van der Waals surface area contributed by atoms with Gasteiger partial charge < -0.3 is 0 Å². The molecule has 0 unspecified atom stereocenters. The fourth-order valence-corrected chi connectivity index (χ4v) is 8.85. The number of aromatic nitrogens is 4. The molecular weight excluding hydrogens is 729 g/mol. The second-order valence-corrected chi connectivity index (χ2v) is 15.4. The second kappa shape index (κ2) is 13.8. The Bertz CT molecular complexity index is 3650. The smallest absolute Gasteiger partial charge is 0.0979 e. The van der Waals surface area contributed by atoms with E-state index >= 15 is 0 Å². The molecule has 4 aromatic heterocycles. The lowest BCUT2D eigenvalue weighted by Gasteiger charge is -2.16. The first-order valence-electron chi connectivity index (χ1n) is 20.3. The molecule has 0 spiro atoms. The van der Waals surface area contributed by atoms with Crippen LogP contribution in [0.3, 0.4) is 0 Å². The van der Waals surface area contributed by atoms with Crippen LogP contribution in [-0.4, -0.2) is 19.9 Å². The predicted octanol–water partition coefficient (Wildman–Crippen LogP) is 14.5. The molecule has 0 saturated heterocycles. The Morgan fingerprint density at radius 1 is 0.233 bits per heavy atom. The Hall–Kier alpha value is -8.08. The van der Waals surface area contributed by atoms with Gasteiger partial charge in [0.15, 0.2) is 0 Å². The molecule has 0 radical (unpaired) electrons. The molecule has 4 nitrogen and oxygen atoms in total. The van der Waals surface area contributed by atoms with Gasteiger partial charge in [-0.3, -0.25) is 0 Å². The van der Waals surface area contributed by atoms with Crippen molar-refractivity contribution in [2.24, 2.45) is 0 Å². The van der Waals surface area contributed by atoms with E-state index in [1.807, 2.05) is 18.2 Å². The van der Waals surface area contributed by atoms with Gasteiger partial charge in [0.2, 0.25) is 0 Å². The van der Waals surface area contributed by atoms with E-state index in [0.717, 1.165) is 99.6 Å². The summed E-state index contributed by atoms with van der Waals surface area (Å²) in [5, 5.41) is 8.90. The van der Waals surface area contributed by atoms with Gasteiger partial charge >= 0.3 is 0 Å². The summed E-state index contributed by atoms with van der Waals surface area (Å²) in [7, 11) is 0. The molecule has 0 aliphatic carbocycles. The van der Waals surface area contributed by atoms with Crippen LogP contribution in [0.5, 0.6) is 0 Å². The van der Waals surface area contributed by atoms with Gasteiger partial charge in [-0.15, -0.1) is 0 Å². The van der Waals surface area contributed by atoms with E-state index in [2.05, 4.69) is 188 Å².